The van der Waals surface area contributed by atoms with Gasteiger partial charge in [-0.3, -0.25) is 4.79 Å². The van der Waals surface area contributed by atoms with Gasteiger partial charge in [0.05, 0.1) is 18.9 Å². The largest absolute Gasteiger partial charge is 0.496 e. The quantitative estimate of drug-likeness (QED) is 0.835. The maximum Gasteiger partial charge on any atom is 0.257 e. The average Bonchev–Trinajstić information content (AvgIpc) is 2.71. The van der Waals surface area contributed by atoms with Crippen LogP contribution in [-0.2, 0) is 10.0 Å². The molecule has 0 aliphatic carbocycles. The molecule has 128 valence electrons. The van der Waals surface area contributed by atoms with Crippen molar-refractivity contribution < 1.29 is 17.9 Å². The molecular formula is C16H24N2O4S. The zero-order valence-corrected chi connectivity index (χ0v) is 14.9. The Hall–Kier alpha value is -1.60. The first-order valence-electron chi connectivity index (χ1n) is 7.63. The van der Waals surface area contributed by atoms with E-state index in [9.17, 15) is 13.2 Å². The summed E-state index contributed by atoms with van der Waals surface area (Å²) in [4.78, 5) is 14.6. The molecule has 0 saturated carbocycles. The molecule has 7 heteroatoms. The highest BCUT2D eigenvalue weighted by Crippen LogP contribution is 2.26. The predicted octanol–water partition coefficient (Wildman–Crippen LogP) is 1.42. The van der Waals surface area contributed by atoms with Gasteiger partial charge in [0, 0.05) is 26.2 Å². The number of nitrogens with zero attached hydrogens (tertiary/aromatic N) is 2. The maximum atomic E-state index is 12.9. The first-order valence-corrected chi connectivity index (χ1v) is 9.48. The molecule has 1 fully saturated rings. The van der Waals surface area contributed by atoms with Gasteiger partial charge in [0.2, 0.25) is 10.0 Å². The summed E-state index contributed by atoms with van der Waals surface area (Å²) in [5.41, 5.74) is 2.46. The van der Waals surface area contributed by atoms with E-state index in [2.05, 4.69) is 0 Å². The van der Waals surface area contributed by atoms with E-state index in [4.69, 9.17) is 4.74 Å². The lowest BCUT2D eigenvalue weighted by Crippen LogP contribution is -2.37. The van der Waals surface area contributed by atoms with E-state index < -0.39 is 10.0 Å². The Labute approximate surface area is 138 Å². The number of methoxy groups -OCH3 is 1. The highest BCUT2D eigenvalue weighted by Gasteiger charge is 2.26. The molecule has 1 aromatic carbocycles. The lowest BCUT2D eigenvalue weighted by molar-refractivity contribution is 0.0760. The van der Waals surface area contributed by atoms with E-state index in [1.54, 1.807) is 12.0 Å². The molecular weight excluding hydrogens is 316 g/mol. The molecule has 1 aliphatic heterocycles. The normalized spacial score (nSPS) is 17.0. The van der Waals surface area contributed by atoms with Crippen LogP contribution < -0.4 is 4.74 Å². The number of sulfonamides is 1. The molecule has 6 nitrogen and oxygen atoms in total. The van der Waals surface area contributed by atoms with Crippen LogP contribution in [0.4, 0.5) is 0 Å². The van der Waals surface area contributed by atoms with Crippen molar-refractivity contribution in [1.29, 1.82) is 0 Å². The summed E-state index contributed by atoms with van der Waals surface area (Å²) in [6, 6.07) is 3.80. The molecule has 0 unspecified atom stereocenters. The summed E-state index contributed by atoms with van der Waals surface area (Å²) in [5, 5.41) is 0. The summed E-state index contributed by atoms with van der Waals surface area (Å²) < 4.78 is 30.2. The number of hydrogen-bond donors (Lipinski definition) is 0. The number of benzene rings is 1. The average molecular weight is 340 g/mol. The number of carbonyl (C=O) groups excluding carboxylic acids is 1. The lowest BCUT2D eigenvalue weighted by Gasteiger charge is -2.23. The van der Waals surface area contributed by atoms with Crippen molar-refractivity contribution >= 4 is 15.9 Å². The van der Waals surface area contributed by atoms with Gasteiger partial charge in [-0.1, -0.05) is 6.07 Å². The second kappa shape index (κ2) is 6.88. The molecule has 0 N–H and O–H groups in total. The number of aryl methyl sites for hydroxylation is 2. The topological polar surface area (TPSA) is 66.9 Å². The smallest absolute Gasteiger partial charge is 0.257 e. The van der Waals surface area contributed by atoms with Crippen LogP contribution in [0.25, 0.3) is 0 Å². The van der Waals surface area contributed by atoms with Gasteiger partial charge in [0.1, 0.15) is 5.75 Å². The standard InChI is InChI=1S/C16H24N2O4S/c1-12-10-13(2)15(22-3)14(11-12)16(19)17-6-5-7-18(9-8-17)23(4,20)21/h10-11H,5-9H2,1-4H3. The van der Waals surface area contributed by atoms with E-state index >= 15 is 0 Å². The summed E-state index contributed by atoms with van der Waals surface area (Å²) in [6.45, 7) is 5.57. The monoisotopic (exact) mass is 340 g/mol. The zero-order chi connectivity index (χ0) is 17.2. The van der Waals surface area contributed by atoms with Gasteiger partial charge in [0.25, 0.3) is 5.91 Å². The predicted molar refractivity (Wildman–Crippen MR) is 89.4 cm³/mol. The first kappa shape index (κ1) is 17.7. The van der Waals surface area contributed by atoms with Crippen LogP contribution >= 0.6 is 0 Å². The second-order valence-corrected chi connectivity index (χ2v) is 7.95. The molecule has 2 rings (SSSR count). The van der Waals surface area contributed by atoms with Crippen molar-refractivity contribution in [2.75, 3.05) is 39.5 Å². The van der Waals surface area contributed by atoms with Crippen molar-refractivity contribution in [2.45, 2.75) is 20.3 Å². The van der Waals surface area contributed by atoms with Gasteiger partial charge in [-0.25, -0.2) is 12.7 Å². The summed E-state index contributed by atoms with van der Waals surface area (Å²) in [5.74, 6) is 0.480. The van der Waals surface area contributed by atoms with Gasteiger partial charge in [-0.05, 0) is 37.5 Å². The number of rotatable bonds is 3. The third-order valence-corrected chi connectivity index (χ3v) is 5.37. The fourth-order valence-electron chi connectivity index (χ4n) is 2.98. The van der Waals surface area contributed by atoms with Crippen molar-refractivity contribution in [3.8, 4) is 5.75 Å². The summed E-state index contributed by atoms with van der Waals surface area (Å²) in [6.07, 6.45) is 1.84. The Kier molecular flexibility index (Phi) is 5.31. The van der Waals surface area contributed by atoms with Gasteiger partial charge < -0.3 is 9.64 Å². The van der Waals surface area contributed by atoms with Crippen molar-refractivity contribution in [3.63, 3.8) is 0 Å². The number of amides is 1. The highest BCUT2D eigenvalue weighted by atomic mass is 32.2. The second-order valence-electron chi connectivity index (χ2n) is 5.97. The molecule has 1 aromatic rings. The highest BCUT2D eigenvalue weighted by molar-refractivity contribution is 7.88. The molecule has 0 radical (unpaired) electrons. The van der Waals surface area contributed by atoms with Crippen LogP contribution in [-0.4, -0.2) is 63.1 Å². The fourth-order valence-corrected chi connectivity index (χ4v) is 3.86. The number of ether oxygens (including phenoxy) is 1. The molecule has 1 heterocycles. The van der Waals surface area contributed by atoms with Crippen LogP contribution in [0.15, 0.2) is 12.1 Å². The molecule has 1 saturated heterocycles. The first-order chi connectivity index (χ1) is 10.7. The third kappa shape index (κ3) is 4.03. The molecule has 0 atom stereocenters. The summed E-state index contributed by atoms with van der Waals surface area (Å²) >= 11 is 0. The van der Waals surface area contributed by atoms with E-state index in [1.165, 1.54) is 10.6 Å². The Morgan fingerprint density at radius 3 is 2.43 bits per heavy atom. The Morgan fingerprint density at radius 2 is 1.83 bits per heavy atom. The number of hydrogen-bond acceptors (Lipinski definition) is 4. The third-order valence-electron chi connectivity index (χ3n) is 4.06. The maximum absolute atomic E-state index is 12.9. The minimum absolute atomic E-state index is 0.107. The van der Waals surface area contributed by atoms with E-state index in [1.807, 2.05) is 26.0 Å². The molecule has 1 amide bonds. The Bertz CT molecular complexity index is 700. The van der Waals surface area contributed by atoms with Gasteiger partial charge in [-0.15, -0.1) is 0 Å². The van der Waals surface area contributed by atoms with E-state index in [0.29, 0.717) is 43.9 Å². The SMILES string of the molecule is COc1c(C)cc(C)cc1C(=O)N1CCCN(S(C)(=O)=O)CC1. The van der Waals surface area contributed by atoms with Crippen molar-refractivity contribution in [1.82, 2.24) is 9.21 Å². The number of carbonyl (C=O) groups is 1. The molecule has 0 aromatic heterocycles. The minimum atomic E-state index is -3.22. The van der Waals surface area contributed by atoms with Crippen molar-refractivity contribution in [3.05, 3.63) is 28.8 Å². The molecule has 23 heavy (non-hydrogen) atoms. The van der Waals surface area contributed by atoms with Gasteiger partial charge >= 0.3 is 0 Å². The minimum Gasteiger partial charge on any atom is -0.496 e. The molecule has 1 aliphatic rings. The van der Waals surface area contributed by atoms with E-state index in [0.717, 1.165) is 11.1 Å². The van der Waals surface area contributed by atoms with Crippen LogP contribution in [0.5, 0.6) is 5.75 Å². The molecule has 0 spiro atoms. The zero-order valence-electron chi connectivity index (χ0n) is 14.1. The van der Waals surface area contributed by atoms with Crippen molar-refractivity contribution in [2.24, 2.45) is 0 Å². The lowest BCUT2D eigenvalue weighted by atomic mass is 10.0. The Balaban J connectivity index is 2.25. The summed E-state index contributed by atoms with van der Waals surface area (Å²) in [7, 11) is -1.66. The fraction of sp³-hybridized carbons (Fsp3) is 0.562. The van der Waals surface area contributed by atoms with Crippen LogP contribution in [0.1, 0.15) is 27.9 Å². The van der Waals surface area contributed by atoms with Gasteiger partial charge in [-0.2, -0.15) is 0 Å². The Morgan fingerprint density at radius 1 is 1.13 bits per heavy atom. The van der Waals surface area contributed by atoms with E-state index in [-0.39, 0.29) is 5.91 Å². The van der Waals surface area contributed by atoms with Gasteiger partial charge in [0.15, 0.2) is 0 Å². The van der Waals surface area contributed by atoms with Crippen LogP contribution in [0.3, 0.4) is 0 Å². The van der Waals surface area contributed by atoms with Crippen LogP contribution in [0, 0.1) is 13.8 Å². The van der Waals surface area contributed by atoms with Crippen LogP contribution in [0.2, 0.25) is 0 Å². The molecule has 0 bridgehead atoms.